The van der Waals surface area contributed by atoms with E-state index in [0.717, 1.165) is 42.5 Å². The van der Waals surface area contributed by atoms with Gasteiger partial charge in [-0.3, -0.25) is 4.79 Å². The Morgan fingerprint density at radius 2 is 2.14 bits per heavy atom. The van der Waals surface area contributed by atoms with E-state index in [2.05, 4.69) is 20.6 Å². The van der Waals surface area contributed by atoms with Crippen molar-refractivity contribution in [3.05, 3.63) is 34.2 Å². The summed E-state index contributed by atoms with van der Waals surface area (Å²) in [4.78, 5) is 28.9. The van der Waals surface area contributed by atoms with Crippen LogP contribution in [-0.2, 0) is 4.79 Å². The number of hydrogen-bond donors (Lipinski definition) is 4. The Morgan fingerprint density at radius 3 is 2.90 bits per heavy atom. The van der Waals surface area contributed by atoms with Gasteiger partial charge in [-0.25, -0.2) is 4.79 Å². The second kappa shape index (κ2) is 5.73. The Bertz CT molecular complexity index is 697. The quantitative estimate of drug-likeness (QED) is 0.680. The number of aromatic nitrogens is 2. The number of carbonyl (C=O) groups is 1. The fraction of sp³-hybridized carbons (Fsp3) is 0.467. The molecular weight excluding hydrogens is 268 g/mol. The molecule has 4 N–H and O–H groups in total. The first kappa shape index (κ1) is 13.9. The highest BCUT2D eigenvalue weighted by atomic mass is 16.2. The maximum absolute atomic E-state index is 12.2. The minimum absolute atomic E-state index is 0.0528. The molecule has 0 aliphatic carbocycles. The lowest BCUT2D eigenvalue weighted by Crippen LogP contribution is -2.41. The molecule has 1 aliphatic heterocycles. The van der Waals surface area contributed by atoms with Gasteiger partial charge in [0.05, 0.1) is 23.0 Å². The first-order valence-corrected chi connectivity index (χ1v) is 7.36. The number of rotatable bonds is 3. The number of H-pyrrole nitrogens is 2. The summed E-state index contributed by atoms with van der Waals surface area (Å²) in [6, 6.07) is 5.60. The number of carbonyl (C=O) groups excluding carboxylic acids is 1. The summed E-state index contributed by atoms with van der Waals surface area (Å²) in [6.07, 6.45) is 1.98. The monoisotopic (exact) mass is 288 g/mol. The van der Waals surface area contributed by atoms with Gasteiger partial charge in [0.1, 0.15) is 0 Å². The van der Waals surface area contributed by atoms with Crippen molar-refractivity contribution in [1.29, 1.82) is 0 Å². The molecule has 1 aromatic carbocycles. The van der Waals surface area contributed by atoms with Gasteiger partial charge in [0.25, 0.3) is 0 Å². The van der Waals surface area contributed by atoms with Crippen molar-refractivity contribution < 1.29 is 4.79 Å². The number of fused-ring (bicyclic) bond motifs is 1. The predicted octanol–water partition coefficient (Wildman–Crippen LogP) is 1.03. The standard InChI is InChI=1S/C15H20N4O2/c1-9(17-14(20)11-3-2-6-16-8-11)10-4-5-12-13(7-10)19-15(21)18-12/h4-5,7,9,11,16H,2-3,6,8H2,1H3,(H,17,20)(H2,18,19,21)/t9?,11-/m1/s1. The van der Waals surface area contributed by atoms with Crippen molar-refractivity contribution in [1.82, 2.24) is 20.6 Å². The lowest BCUT2D eigenvalue weighted by Gasteiger charge is -2.24. The Labute approximate surface area is 122 Å². The zero-order chi connectivity index (χ0) is 14.8. The molecular formula is C15H20N4O2. The summed E-state index contributed by atoms with van der Waals surface area (Å²) in [5.74, 6) is 0.148. The SMILES string of the molecule is CC(NC(=O)[C@@H]1CCCNC1)c1ccc2[nH]c(=O)[nH]c2c1. The molecule has 3 rings (SSSR count). The molecule has 0 spiro atoms. The van der Waals surface area contributed by atoms with Gasteiger partial charge in [-0.2, -0.15) is 0 Å². The number of nitrogens with one attached hydrogen (secondary N) is 4. The molecule has 2 atom stereocenters. The van der Waals surface area contributed by atoms with Crippen LogP contribution in [0.4, 0.5) is 0 Å². The number of amides is 1. The van der Waals surface area contributed by atoms with Crippen LogP contribution in [0.25, 0.3) is 11.0 Å². The van der Waals surface area contributed by atoms with Crippen LogP contribution in [0, 0.1) is 5.92 Å². The molecule has 6 heteroatoms. The zero-order valence-electron chi connectivity index (χ0n) is 12.0. The van der Waals surface area contributed by atoms with Gasteiger partial charge < -0.3 is 20.6 Å². The van der Waals surface area contributed by atoms with Gasteiger partial charge in [-0.15, -0.1) is 0 Å². The van der Waals surface area contributed by atoms with E-state index in [1.165, 1.54) is 0 Å². The molecule has 0 saturated carbocycles. The van der Waals surface area contributed by atoms with Crippen LogP contribution in [0.3, 0.4) is 0 Å². The van der Waals surface area contributed by atoms with Gasteiger partial charge in [0.15, 0.2) is 0 Å². The van der Waals surface area contributed by atoms with Crippen LogP contribution < -0.4 is 16.3 Å². The van der Waals surface area contributed by atoms with Gasteiger partial charge >= 0.3 is 5.69 Å². The summed E-state index contributed by atoms with van der Waals surface area (Å²) in [5, 5.41) is 6.31. The number of imidazole rings is 1. The fourth-order valence-corrected chi connectivity index (χ4v) is 2.81. The third kappa shape index (κ3) is 3.00. The molecule has 2 heterocycles. The van der Waals surface area contributed by atoms with Crippen LogP contribution >= 0.6 is 0 Å². The Kier molecular flexibility index (Phi) is 3.79. The first-order chi connectivity index (χ1) is 10.1. The average Bonchev–Trinajstić information content (AvgIpc) is 2.87. The largest absolute Gasteiger partial charge is 0.349 e. The molecule has 6 nitrogen and oxygen atoms in total. The lowest BCUT2D eigenvalue weighted by molar-refractivity contribution is -0.126. The summed E-state index contributed by atoms with van der Waals surface area (Å²) in [6.45, 7) is 3.71. The third-order valence-electron chi connectivity index (χ3n) is 4.07. The summed E-state index contributed by atoms with van der Waals surface area (Å²) >= 11 is 0. The maximum Gasteiger partial charge on any atom is 0.323 e. The smallest absolute Gasteiger partial charge is 0.323 e. The minimum Gasteiger partial charge on any atom is -0.349 e. The highest BCUT2D eigenvalue weighted by Crippen LogP contribution is 2.18. The molecule has 0 bridgehead atoms. The van der Waals surface area contributed by atoms with Crippen molar-refractivity contribution in [3.8, 4) is 0 Å². The van der Waals surface area contributed by atoms with E-state index in [4.69, 9.17) is 0 Å². The van der Waals surface area contributed by atoms with E-state index >= 15 is 0 Å². The fourth-order valence-electron chi connectivity index (χ4n) is 2.81. The normalized spacial score (nSPS) is 20.3. The number of piperidine rings is 1. The van der Waals surface area contributed by atoms with Crippen molar-refractivity contribution in [2.45, 2.75) is 25.8 Å². The molecule has 1 amide bonds. The van der Waals surface area contributed by atoms with E-state index in [1.54, 1.807) is 0 Å². The van der Waals surface area contributed by atoms with Crippen molar-refractivity contribution in [3.63, 3.8) is 0 Å². The number of aromatic amines is 2. The van der Waals surface area contributed by atoms with Crippen molar-refractivity contribution >= 4 is 16.9 Å². The van der Waals surface area contributed by atoms with E-state index in [0.29, 0.717) is 0 Å². The lowest BCUT2D eigenvalue weighted by atomic mass is 9.98. The molecule has 112 valence electrons. The maximum atomic E-state index is 12.2. The molecule has 1 saturated heterocycles. The number of benzene rings is 1. The Morgan fingerprint density at radius 1 is 1.33 bits per heavy atom. The van der Waals surface area contributed by atoms with Crippen LogP contribution in [0.5, 0.6) is 0 Å². The van der Waals surface area contributed by atoms with E-state index in [1.807, 2.05) is 25.1 Å². The predicted molar refractivity (Wildman–Crippen MR) is 81.1 cm³/mol. The van der Waals surface area contributed by atoms with Crippen LogP contribution in [0.15, 0.2) is 23.0 Å². The van der Waals surface area contributed by atoms with Gasteiger partial charge in [-0.1, -0.05) is 6.07 Å². The van der Waals surface area contributed by atoms with Crippen LogP contribution in [0.1, 0.15) is 31.4 Å². The summed E-state index contributed by atoms with van der Waals surface area (Å²) < 4.78 is 0. The molecule has 1 aliphatic rings. The van der Waals surface area contributed by atoms with Crippen molar-refractivity contribution in [2.75, 3.05) is 13.1 Å². The molecule has 0 radical (unpaired) electrons. The summed E-state index contributed by atoms with van der Waals surface area (Å²) in [7, 11) is 0. The highest BCUT2D eigenvalue weighted by molar-refractivity contribution is 5.80. The first-order valence-electron chi connectivity index (χ1n) is 7.36. The van der Waals surface area contributed by atoms with E-state index < -0.39 is 0 Å². The van der Waals surface area contributed by atoms with Crippen LogP contribution in [-0.4, -0.2) is 29.0 Å². The zero-order valence-corrected chi connectivity index (χ0v) is 12.0. The minimum atomic E-state index is -0.216. The Balaban J connectivity index is 1.72. The topological polar surface area (TPSA) is 89.8 Å². The second-order valence-electron chi connectivity index (χ2n) is 5.66. The molecule has 21 heavy (non-hydrogen) atoms. The van der Waals surface area contributed by atoms with Gasteiger partial charge in [0.2, 0.25) is 5.91 Å². The molecule has 1 aromatic heterocycles. The molecule has 1 unspecified atom stereocenters. The van der Waals surface area contributed by atoms with Gasteiger partial charge in [0, 0.05) is 6.54 Å². The Hall–Kier alpha value is -2.08. The van der Waals surface area contributed by atoms with E-state index in [-0.39, 0.29) is 23.6 Å². The third-order valence-corrected chi connectivity index (χ3v) is 4.07. The number of hydrogen-bond acceptors (Lipinski definition) is 3. The van der Waals surface area contributed by atoms with Crippen LogP contribution in [0.2, 0.25) is 0 Å². The van der Waals surface area contributed by atoms with Crippen molar-refractivity contribution in [2.24, 2.45) is 5.92 Å². The summed E-state index contributed by atoms with van der Waals surface area (Å²) in [5.41, 5.74) is 2.30. The van der Waals surface area contributed by atoms with Gasteiger partial charge in [-0.05, 0) is 44.0 Å². The average molecular weight is 288 g/mol. The molecule has 2 aromatic rings. The molecule has 1 fully saturated rings. The highest BCUT2D eigenvalue weighted by Gasteiger charge is 2.22. The second-order valence-corrected chi connectivity index (χ2v) is 5.66. The van der Waals surface area contributed by atoms with E-state index in [9.17, 15) is 9.59 Å².